The third-order valence-corrected chi connectivity index (χ3v) is 3.77. The smallest absolute Gasteiger partial charge is 0.323 e. The van der Waals surface area contributed by atoms with E-state index in [0.717, 1.165) is 5.56 Å². The van der Waals surface area contributed by atoms with E-state index in [1.807, 2.05) is 30.3 Å². The lowest BCUT2D eigenvalue weighted by Crippen LogP contribution is -2.42. The van der Waals surface area contributed by atoms with Crippen LogP contribution in [-0.2, 0) is 9.53 Å². The molecule has 2 aliphatic heterocycles. The zero-order valence-corrected chi connectivity index (χ0v) is 12.5. The van der Waals surface area contributed by atoms with Gasteiger partial charge < -0.3 is 4.74 Å². The molecule has 1 aromatic heterocycles. The molecule has 2 aromatic rings. The monoisotopic (exact) mass is 311 g/mol. The summed E-state index contributed by atoms with van der Waals surface area (Å²) in [6.07, 6.45) is 0. The van der Waals surface area contributed by atoms with E-state index >= 15 is 0 Å². The third kappa shape index (κ3) is 2.08. The van der Waals surface area contributed by atoms with Crippen molar-refractivity contribution in [2.75, 3.05) is 0 Å². The maximum atomic E-state index is 12.6. The SMILES string of the molecule is CC1=NN2C(=NC(=O)[C@@H](n3nnnc3C)[C@@H]2c2ccccc2)O1. The molecule has 0 radical (unpaired) electrons. The summed E-state index contributed by atoms with van der Waals surface area (Å²) in [5.74, 6) is 0.598. The van der Waals surface area contributed by atoms with Gasteiger partial charge in [0, 0.05) is 6.92 Å². The van der Waals surface area contributed by atoms with Gasteiger partial charge in [0.25, 0.3) is 5.91 Å². The number of fused-ring (bicyclic) bond motifs is 1. The number of tetrazole rings is 1. The van der Waals surface area contributed by atoms with Crippen LogP contribution in [-0.4, -0.2) is 43.0 Å². The number of nitrogens with zero attached hydrogens (tertiary/aromatic N) is 7. The van der Waals surface area contributed by atoms with Gasteiger partial charge in [-0.05, 0) is 22.9 Å². The zero-order chi connectivity index (χ0) is 16.0. The van der Waals surface area contributed by atoms with Crippen molar-refractivity contribution in [1.29, 1.82) is 0 Å². The summed E-state index contributed by atoms with van der Waals surface area (Å²) in [6, 6.07) is 8.61. The molecular weight excluding hydrogens is 298 g/mol. The van der Waals surface area contributed by atoms with E-state index < -0.39 is 12.1 Å². The lowest BCUT2D eigenvalue weighted by Gasteiger charge is -2.33. The number of hydrazone groups is 1. The van der Waals surface area contributed by atoms with Crippen LogP contribution in [0.25, 0.3) is 0 Å². The normalized spacial score (nSPS) is 23.2. The Morgan fingerprint density at radius 3 is 2.61 bits per heavy atom. The molecule has 116 valence electrons. The minimum Gasteiger partial charge on any atom is -0.408 e. The Balaban J connectivity index is 1.89. The molecule has 2 atom stereocenters. The number of aromatic nitrogens is 4. The molecule has 0 fully saturated rings. The van der Waals surface area contributed by atoms with E-state index in [-0.39, 0.29) is 11.9 Å². The molecule has 0 bridgehead atoms. The van der Waals surface area contributed by atoms with Crippen molar-refractivity contribution < 1.29 is 9.53 Å². The van der Waals surface area contributed by atoms with Gasteiger partial charge in [0.05, 0.1) is 0 Å². The first-order chi connectivity index (χ1) is 11.1. The van der Waals surface area contributed by atoms with Gasteiger partial charge in [0.1, 0.15) is 11.9 Å². The topological polar surface area (TPSA) is 97.9 Å². The second-order valence-corrected chi connectivity index (χ2v) is 5.27. The quantitative estimate of drug-likeness (QED) is 0.814. The van der Waals surface area contributed by atoms with Gasteiger partial charge >= 0.3 is 6.02 Å². The summed E-state index contributed by atoms with van der Waals surface area (Å²) in [6.45, 7) is 3.45. The number of hydrogen-bond acceptors (Lipinski definition) is 7. The Morgan fingerprint density at radius 1 is 1.13 bits per heavy atom. The first kappa shape index (κ1) is 13.6. The van der Waals surface area contributed by atoms with Gasteiger partial charge in [0.2, 0.25) is 5.90 Å². The summed E-state index contributed by atoms with van der Waals surface area (Å²) >= 11 is 0. The van der Waals surface area contributed by atoms with Crippen LogP contribution in [0.1, 0.15) is 30.4 Å². The van der Waals surface area contributed by atoms with Crippen LogP contribution in [0.5, 0.6) is 0 Å². The van der Waals surface area contributed by atoms with Crippen LogP contribution in [0, 0.1) is 6.92 Å². The number of hydrogen-bond donors (Lipinski definition) is 0. The van der Waals surface area contributed by atoms with Crippen molar-refractivity contribution >= 4 is 17.8 Å². The summed E-state index contributed by atoms with van der Waals surface area (Å²) in [7, 11) is 0. The van der Waals surface area contributed by atoms with Gasteiger partial charge in [-0.25, -0.2) is 9.69 Å². The lowest BCUT2D eigenvalue weighted by atomic mass is 9.97. The van der Waals surface area contributed by atoms with E-state index in [2.05, 4.69) is 25.6 Å². The molecule has 0 N–H and O–H groups in total. The summed E-state index contributed by atoms with van der Waals surface area (Å²) in [4.78, 5) is 16.6. The zero-order valence-electron chi connectivity index (χ0n) is 12.5. The van der Waals surface area contributed by atoms with E-state index in [4.69, 9.17) is 4.74 Å². The maximum absolute atomic E-state index is 12.6. The summed E-state index contributed by atoms with van der Waals surface area (Å²) in [5, 5.41) is 17.4. The van der Waals surface area contributed by atoms with Gasteiger partial charge in [0.15, 0.2) is 6.04 Å². The first-order valence-corrected chi connectivity index (χ1v) is 7.09. The highest BCUT2D eigenvalue weighted by Gasteiger charge is 2.46. The number of aryl methyl sites for hydroxylation is 1. The van der Waals surface area contributed by atoms with Crippen molar-refractivity contribution in [3.63, 3.8) is 0 Å². The minimum absolute atomic E-state index is 0.184. The largest absolute Gasteiger partial charge is 0.408 e. The standard InChI is InChI=1S/C14H13N7O2/c1-8-16-18-19-20(8)12-11(10-6-4-3-5-7-10)21-14(15-13(12)22)23-9(2)17-21/h3-7,11-12H,1-2H3/t11-,12-/m0/s1. The fourth-order valence-electron chi connectivity index (χ4n) is 2.79. The molecular formula is C14H13N7O2. The van der Waals surface area contributed by atoms with Crippen molar-refractivity contribution in [3.8, 4) is 0 Å². The Morgan fingerprint density at radius 2 is 1.91 bits per heavy atom. The van der Waals surface area contributed by atoms with Crippen LogP contribution >= 0.6 is 0 Å². The van der Waals surface area contributed by atoms with Gasteiger partial charge in [-0.1, -0.05) is 30.3 Å². The highest BCUT2D eigenvalue weighted by atomic mass is 16.5. The molecule has 0 unspecified atom stereocenters. The maximum Gasteiger partial charge on any atom is 0.323 e. The van der Waals surface area contributed by atoms with Crippen molar-refractivity contribution in [2.45, 2.75) is 25.9 Å². The highest BCUT2D eigenvalue weighted by Crippen LogP contribution is 2.38. The predicted octanol–water partition coefficient (Wildman–Crippen LogP) is 0.826. The molecule has 1 amide bonds. The average Bonchev–Trinajstić information content (AvgIpc) is 3.11. The fraction of sp³-hybridized carbons (Fsp3) is 0.286. The van der Waals surface area contributed by atoms with Crippen LogP contribution in [0.4, 0.5) is 0 Å². The number of carbonyl (C=O) groups is 1. The number of rotatable bonds is 2. The lowest BCUT2D eigenvalue weighted by molar-refractivity contribution is -0.124. The average molecular weight is 311 g/mol. The van der Waals surface area contributed by atoms with E-state index in [1.165, 1.54) is 4.68 Å². The molecule has 9 heteroatoms. The first-order valence-electron chi connectivity index (χ1n) is 7.09. The Kier molecular flexibility index (Phi) is 2.93. The third-order valence-electron chi connectivity index (χ3n) is 3.77. The number of ether oxygens (including phenoxy) is 1. The number of amides is 1. The van der Waals surface area contributed by atoms with E-state index in [9.17, 15) is 4.79 Å². The number of amidine groups is 1. The van der Waals surface area contributed by atoms with Crippen molar-refractivity contribution in [2.24, 2.45) is 10.1 Å². The molecule has 2 aliphatic rings. The minimum atomic E-state index is -0.714. The number of aliphatic imine (C=N–C) groups is 1. The number of benzene rings is 1. The van der Waals surface area contributed by atoms with Crippen LogP contribution in [0.2, 0.25) is 0 Å². The fourth-order valence-corrected chi connectivity index (χ4v) is 2.79. The van der Waals surface area contributed by atoms with Crippen molar-refractivity contribution in [3.05, 3.63) is 41.7 Å². The highest BCUT2D eigenvalue weighted by molar-refractivity contribution is 6.02. The van der Waals surface area contributed by atoms with Crippen LogP contribution in [0.15, 0.2) is 40.4 Å². The Hall–Kier alpha value is -3.10. The Bertz CT molecular complexity index is 827. The summed E-state index contributed by atoms with van der Waals surface area (Å²) in [5.41, 5.74) is 0.898. The molecule has 1 aromatic carbocycles. The van der Waals surface area contributed by atoms with E-state index in [1.54, 1.807) is 18.9 Å². The number of carbonyl (C=O) groups excluding carboxylic acids is 1. The summed E-state index contributed by atoms with van der Waals surface area (Å²) < 4.78 is 6.90. The molecule has 0 saturated carbocycles. The van der Waals surface area contributed by atoms with Crippen LogP contribution < -0.4 is 0 Å². The molecule has 0 spiro atoms. The molecule has 0 saturated heterocycles. The predicted molar refractivity (Wildman–Crippen MR) is 79.2 cm³/mol. The second kappa shape index (κ2) is 4.97. The van der Waals surface area contributed by atoms with Crippen molar-refractivity contribution in [1.82, 2.24) is 25.2 Å². The van der Waals surface area contributed by atoms with Crippen LogP contribution in [0.3, 0.4) is 0 Å². The molecule has 23 heavy (non-hydrogen) atoms. The second-order valence-electron chi connectivity index (χ2n) is 5.27. The Labute approximate surface area is 131 Å². The molecule has 4 rings (SSSR count). The van der Waals surface area contributed by atoms with Gasteiger partial charge in [-0.15, -0.1) is 10.2 Å². The van der Waals surface area contributed by atoms with Gasteiger partial charge in [-0.3, -0.25) is 4.79 Å². The molecule has 9 nitrogen and oxygen atoms in total. The molecule has 3 heterocycles. The molecule has 0 aliphatic carbocycles. The van der Waals surface area contributed by atoms with E-state index in [0.29, 0.717) is 11.7 Å². The van der Waals surface area contributed by atoms with Gasteiger partial charge in [-0.2, -0.15) is 4.99 Å².